The van der Waals surface area contributed by atoms with Crippen molar-refractivity contribution < 1.29 is 9.59 Å². The third kappa shape index (κ3) is 6.10. The maximum atomic E-state index is 12.7. The van der Waals surface area contributed by atoms with Gasteiger partial charge in [-0.1, -0.05) is 23.7 Å². The van der Waals surface area contributed by atoms with E-state index in [4.69, 9.17) is 23.1 Å². The second-order valence-corrected chi connectivity index (χ2v) is 7.68. The van der Waals surface area contributed by atoms with E-state index in [1.165, 1.54) is 0 Å². The maximum Gasteiger partial charge on any atom is 0.242 e. The molecule has 1 aliphatic rings. The van der Waals surface area contributed by atoms with Crippen LogP contribution in [0.5, 0.6) is 0 Å². The van der Waals surface area contributed by atoms with Crippen molar-refractivity contribution in [1.82, 2.24) is 10.2 Å². The van der Waals surface area contributed by atoms with Crippen LogP contribution in [0, 0.1) is 0 Å². The van der Waals surface area contributed by atoms with E-state index in [1.54, 1.807) is 46.2 Å². The average molecular weight is 416 g/mol. The van der Waals surface area contributed by atoms with Crippen LogP contribution in [0.15, 0.2) is 48.5 Å². The molecule has 8 heteroatoms. The summed E-state index contributed by atoms with van der Waals surface area (Å²) in [4.78, 5) is 28.7. The van der Waals surface area contributed by atoms with Crippen LogP contribution in [0.2, 0.25) is 5.02 Å². The molecule has 1 unspecified atom stereocenters. The van der Waals surface area contributed by atoms with Crippen LogP contribution in [0.25, 0.3) is 0 Å². The van der Waals surface area contributed by atoms with Crippen molar-refractivity contribution >= 4 is 34.8 Å². The molecule has 0 aliphatic carbocycles. The molecule has 154 valence electrons. The molecule has 1 heterocycles. The van der Waals surface area contributed by atoms with Crippen LogP contribution in [0.3, 0.4) is 0 Å². The number of benzene rings is 2. The number of carbonyl (C=O) groups excluding carboxylic acids is 2. The van der Waals surface area contributed by atoms with Gasteiger partial charge in [0.15, 0.2) is 0 Å². The Bertz CT molecular complexity index is 841. The van der Waals surface area contributed by atoms with Crippen molar-refractivity contribution in [3.05, 3.63) is 59.1 Å². The highest BCUT2D eigenvalue weighted by molar-refractivity contribution is 6.30. The van der Waals surface area contributed by atoms with Crippen molar-refractivity contribution in [1.29, 1.82) is 0 Å². The summed E-state index contributed by atoms with van der Waals surface area (Å²) in [6.45, 7) is 1.75. The van der Waals surface area contributed by atoms with Crippen LogP contribution >= 0.6 is 11.6 Å². The summed E-state index contributed by atoms with van der Waals surface area (Å²) in [5, 5.41) is 3.48. The highest BCUT2D eigenvalue weighted by atomic mass is 35.5. The van der Waals surface area contributed by atoms with E-state index in [9.17, 15) is 9.59 Å². The lowest BCUT2D eigenvalue weighted by atomic mass is 10.2. The Labute approximate surface area is 175 Å². The van der Waals surface area contributed by atoms with E-state index >= 15 is 0 Å². The molecule has 1 saturated heterocycles. The first-order valence-corrected chi connectivity index (χ1v) is 9.93. The summed E-state index contributed by atoms with van der Waals surface area (Å²) in [6, 6.07) is 14.4. The van der Waals surface area contributed by atoms with E-state index in [1.807, 2.05) is 12.1 Å². The minimum atomic E-state index is -0.178. The molecular formula is C21H26ClN5O2. The number of hydrogen-bond donors (Lipinski definition) is 3. The van der Waals surface area contributed by atoms with Crippen molar-refractivity contribution in [3.63, 3.8) is 0 Å². The summed E-state index contributed by atoms with van der Waals surface area (Å²) in [5.74, 6) is -0.220. The predicted molar refractivity (Wildman–Crippen MR) is 116 cm³/mol. The van der Waals surface area contributed by atoms with E-state index in [0.717, 1.165) is 17.7 Å². The van der Waals surface area contributed by atoms with Crippen LogP contribution < -0.4 is 21.7 Å². The number of likely N-dealkylation sites (tertiary alicyclic amines) is 1. The molecule has 0 spiro atoms. The Morgan fingerprint density at radius 3 is 2.41 bits per heavy atom. The highest BCUT2D eigenvalue weighted by Crippen LogP contribution is 2.19. The van der Waals surface area contributed by atoms with Gasteiger partial charge in [-0.25, -0.2) is 0 Å². The minimum Gasteiger partial charge on any atom is -0.399 e. The molecule has 2 aromatic carbocycles. The van der Waals surface area contributed by atoms with Gasteiger partial charge in [-0.2, -0.15) is 0 Å². The zero-order valence-electron chi connectivity index (χ0n) is 16.2. The first-order chi connectivity index (χ1) is 13.9. The molecule has 29 heavy (non-hydrogen) atoms. The molecule has 1 atom stereocenters. The topological polar surface area (TPSA) is 105 Å². The molecule has 3 rings (SSSR count). The monoisotopic (exact) mass is 415 g/mol. The highest BCUT2D eigenvalue weighted by Gasteiger charge is 2.25. The third-order valence-electron chi connectivity index (χ3n) is 4.90. The molecule has 0 bridgehead atoms. The quantitative estimate of drug-likeness (QED) is 0.596. The number of carbonyl (C=O) groups is 2. The Morgan fingerprint density at radius 1 is 1.10 bits per heavy atom. The minimum absolute atomic E-state index is 0.0196. The van der Waals surface area contributed by atoms with Crippen molar-refractivity contribution in [2.45, 2.75) is 19.0 Å². The number of nitrogens with zero attached hydrogens (tertiary/aromatic N) is 2. The second-order valence-electron chi connectivity index (χ2n) is 7.24. The molecule has 0 radical (unpaired) electrons. The second kappa shape index (κ2) is 9.62. The molecule has 0 aromatic heterocycles. The van der Waals surface area contributed by atoms with Crippen LogP contribution in [0.4, 0.5) is 11.4 Å². The molecule has 5 N–H and O–H groups in total. The molecule has 2 aromatic rings. The van der Waals surface area contributed by atoms with Gasteiger partial charge in [0.2, 0.25) is 11.8 Å². The van der Waals surface area contributed by atoms with Gasteiger partial charge >= 0.3 is 0 Å². The summed E-state index contributed by atoms with van der Waals surface area (Å²) in [7, 11) is 0. The maximum absolute atomic E-state index is 12.7. The number of anilines is 2. The Hall–Kier alpha value is -2.77. The zero-order chi connectivity index (χ0) is 20.8. The fourth-order valence-corrected chi connectivity index (χ4v) is 3.36. The van der Waals surface area contributed by atoms with Crippen molar-refractivity contribution in [3.8, 4) is 0 Å². The van der Waals surface area contributed by atoms with E-state index < -0.39 is 0 Å². The largest absolute Gasteiger partial charge is 0.399 e. The van der Waals surface area contributed by atoms with Gasteiger partial charge in [0.1, 0.15) is 0 Å². The molecule has 1 aliphatic heterocycles. The average Bonchev–Trinajstić information content (AvgIpc) is 3.14. The standard InChI is InChI=1S/C21H26ClN5O2/c22-16-3-7-19(8-4-16)27(14-21(29)26-10-9-18(24)12-26)13-20(28)25-11-15-1-5-17(23)6-2-15/h1-8,18H,9-14,23-24H2,(H,25,28). The fourth-order valence-electron chi connectivity index (χ4n) is 3.23. The smallest absolute Gasteiger partial charge is 0.242 e. The van der Waals surface area contributed by atoms with Crippen LogP contribution in [-0.4, -0.2) is 48.9 Å². The molecular weight excluding hydrogens is 390 g/mol. The van der Waals surface area contributed by atoms with E-state index in [-0.39, 0.29) is 30.9 Å². The third-order valence-corrected chi connectivity index (χ3v) is 5.15. The summed E-state index contributed by atoms with van der Waals surface area (Å²) >= 11 is 5.98. The van der Waals surface area contributed by atoms with Gasteiger partial charge in [0.25, 0.3) is 0 Å². The van der Waals surface area contributed by atoms with Crippen molar-refractivity contribution in [2.24, 2.45) is 5.73 Å². The first kappa shape index (κ1) is 21.0. The normalized spacial score (nSPS) is 15.9. The number of halogens is 1. The molecule has 7 nitrogen and oxygen atoms in total. The lowest BCUT2D eigenvalue weighted by Gasteiger charge is -2.26. The number of nitrogens with two attached hydrogens (primary N) is 2. The van der Waals surface area contributed by atoms with Crippen molar-refractivity contribution in [2.75, 3.05) is 36.8 Å². The Kier molecular flexibility index (Phi) is 6.95. The molecule has 1 fully saturated rings. The Morgan fingerprint density at radius 2 is 1.79 bits per heavy atom. The summed E-state index contributed by atoms with van der Waals surface area (Å²) < 4.78 is 0. The lowest BCUT2D eigenvalue weighted by Crippen LogP contribution is -2.44. The van der Waals surface area contributed by atoms with Gasteiger partial charge in [-0.05, 0) is 48.4 Å². The lowest BCUT2D eigenvalue weighted by molar-refractivity contribution is -0.128. The summed E-state index contributed by atoms with van der Waals surface area (Å²) in [6.07, 6.45) is 0.800. The zero-order valence-corrected chi connectivity index (χ0v) is 16.9. The van der Waals surface area contributed by atoms with Crippen LogP contribution in [0.1, 0.15) is 12.0 Å². The number of nitrogen functional groups attached to an aromatic ring is 1. The number of nitrogens with one attached hydrogen (secondary N) is 1. The first-order valence-electron chi connectivity index (χ1n) is 9.55. The van der Waals surface area contributed by atoms with Crippen LogP contribution in [-0.2, 0) is 16.1 Å². The van der Waals surface area contributed by atoms with Gasteiger partial charge in [-0.15, -0.1) is 0 Å². The van der Waals surface area contributed by atoms with Gasteiger partial charge in [0.05, 0.1) is 13.1 Å². The Balaban J connectivity index is 1.63. The van der Waals surface area contributed by atoms with E-state index in [2.05, 4.69) is 5.32 Å². The molecule has 0 saturated carbocycles. The van der Waals surface area contributed by atoms with Gasteiger partial charge < -0.3 is 26.6 Å². The summed E-state index contributed by atoms with van der Waals surface area (Å²) in [5.41, 5.74) is 14.0. The number of amides is 2. The van der Waals surface area contributed by atoms with Gasteiger partial charge in [0, 0.05) is 42.1 Å². The predicted octanol–water partition coefficient (Wildman–Crippen LogP) is 1.60. The van der Waals surface area contributed by atoms with E-state index in [0.29, 0.717) is 30.3 Å². The number of rotatable bonds is 7. The SMILES string of the molecule is Nc1ccc(CNC(=O)CN(CC(=O)N2CCC(N)C2)c2ccc(Cl)cc2)cc1. The molecule has 2 amide bonds. The number of hydrogen-bond acceptors (Lipinski definition) is 5. The fraction of sp³-hybridized carbons (Fsp3) is 0.333. The van der Waals surface area contributed by atoms with Gasteiger partial charge in [-0.3, -0.25) is 9.59 Å².